The summed E-state index contributed by atoms with van der Waals surface area (Å²) in [4.78, 5) is 31.3. The van der Waals surface area contributed by atoms with Gasteiger partial charge in [0.1, 0.15) is 5.75 Å². The van der Waals surface area contributed by atoms with Crippen molar-refractivity contribution in [2.24, 2.45) is 0 Å². The summed E-state index contributed by atoms with van der Waals surface area (Å²) in [6.07, 6.45) is 1.46. The second-order valence-corrected chi connectivity index (χ2v) is 7.87. The molecule has 2 aliphatic rings. The van der Waals surface area contributed by atoms with E-state index in [0.717, 1.165) is 37.5 Å². The van der Waals surface area contributed by atoms with Crippen LogP contribution in [0.5, 0.6) is 5.75 Å². The Kier molecular flexibility index (Phi) is 6.21. The maximum Gasteiger partial charge on any atom is 0.223 e. The zero-order chi connectivity index (χ0) is 20.9. The van der Waals surface area contributed by atoms with Crippen LogP contribution in [0.2, 0.25) is 0 Å². The van der Waals surface area contributed by atoms with Gasteiger partial charge in [-0.15, -0.1) is 0 Å². The first-order valence-corrected chi connectivity index (χ1v) is 10.7. The Morgan fingerprint density at radius 2 is 1.43 bits per heavy atom. The van der Waals surface area contributed by atoms with E-state index in [2.05, 4.69) is 17.0 Å². The van der Waals surface area contributed by atoms with Gasteiger partial charge in [0, 0.05) is 52.1 Å². The minimum absolute atomic E-state index is 0.0698. The maximum atomic E-state index is 12.7. The summed E-state index contributed by atoms with van der Waals surface area (Å²) in [5, 5.41) is 0. The lowest BCUT2D eigenvalue weighted by Gasteiger charge is -2.36. The van der Waals surface area contributed by atoms with E-state index in [1.165, 1.54) is 11.1 Å². The standard InChI is InChI=1S/C24H29N3O3/c1-30-22-9-5-4-8-21(22)25-14-16-26(17-15-25)23(28)10-11-24(29)27-13-12-19-6-2-3-7-20(19)18-27/h2-9H,10-18H2,1H3. The fourth-order valence-corrected chi connectivity index (χ4v) is 4.33. The number of benzene rings is 2. The van der Waals surface area contributed by atoms with Crippen molar-refractivity contribution in [2.45, 2.75) is 25.8 Å². The predicted molar refractivity (Wildman–Crippen MR) is 117 cm³/mol. The Labute approximate surface area is 178 Å². The van der Waals surface area contributed by atoms with Crippen molar-refractivity contribution in [1.29, 1.82) is 0 Å². The van der Waals surface area contributed by atoms with Crippen LogP contribution in [0.15, 0.2) is 48.5 Å². The molecule has 30 heavy (non-hydrogen) atoms. The fraction of sp³-hybridized carbons (Fsp3) is 0.417. The molecule has 2 aromatic carbocycles. The molecule has 2 aromatic rings. The third kappa shape index (κ3) is 4.42. The summed E-state index contributed by atoms with van der Waals surface area (Å²) in [6, 6.07) is 16.2. The van der Waals surface area contributed by atoms with E-state index in [9.17, 15) is 9.59 Å². The van der Waals surface area contributed by atoms with Crippen LogP contribution < -0.4 is 9.64 Å². The molecular weight excluding hydrogens is 378 g/mol. The lowest BCUT2D eigenvalue weighted by Crippen LogP contribution is -2.49. The quantitative estimate of drug-likeness (QED) is 0.765. The maximum absolute atomic E-state index is 12.7. The normalized spacial score (nSPS) is 16.2. The van der Waals surface area contributed by atoms with E-state index < -0.39 is 0 Å². The number of amides is 2. The van der Waals surface area contributed by atoms with Gasteiger partial charge in [-0.1, -0.05) is 36.4 Å². The topological polar surface area (TPSA) is 53.1 Å². The van der Waals surface area contributed by atoms with Crippen molar-refractivity contribution in [3.8, 4) is 5.75 Å². The van der Waals surface area contributed by atoms with E-state index >= 15 is 0 Å². The molecule has 0 unspecified atom stereocenters. The van der Waals surface area contributed by atoms with Crippen LogP contribution in [0.3, 0.4) is 0 Å². The highest BCUT2D eigenvalue weighted by atomic mass is 16.5. The Hall–Kier alpha value is -3.02. The molecular formula is C24H29N3O3. The monoisotopic (exact) mass is 407 g/mol. The van der Waals surface area contributed by atoms with Gasteiger partial charge < -0.3 is 19.4 Å². The molecule has 0 saturated carbocycles. The molecule has 0 bridgehead atoms. The molecule has 0 aromatic heterocycles. The van der Waals surface area contributed by atoms with Crippen LogP contribution in [-0.4, -0.2) is 61.4 Å². The van der Waals surface area contributed by atoms with Gasteiger partial charge in [0.15, 0.2) is 0 Å². The predicted octanol–water partition coefficient (Wildman–Crippen LogP) is 2.71. The number of carbonyl (C=O) groups excluding carboxylic acids is 2. The smallest absolute Gasteiger partial charge is 0.223 e. The van der Waals surface area contributed by atoms with E-state index in [0.29, 0.717) is 19.6 Å². The number of anilines is 1. The molecule has 2 amide bonds. The van der Waals surface area contributed by atoms with Gasteiger partial charge in [-0.3, -0.25) is 9.59 Å². The third-order valence-corrected chi connectivity index (χ3v) is 6.09. The molecule has 0 aliphatic carbocycles. The fourth-order valence-electron chi connectivity index (χ4n) is 4.33. The Balaban J connectivity index is 1.25. The summed E-state index contributed by atoms with van der Waals surface area (Å²) in [5.74, 6) is 0.997. The van der Waals surface area contributed by atoms with Crippen LogP contribution >= 0.6 is 0 Å². The number of methoxy groups -OCH3 is 1. The molecule has 2 heterocycles. The minimum Gasteiger partial charge on any atom is -0.495 e. The Morgan fingerprint density at radius 1 is 0.800 bits per heavy atom. The van der Waals surface area contributed by atoms with Crippen molar-refractivity contribution in [3.05, 3.63) is 59.7 Å². The first kappa shape index (κ1) is 20.3. The lowest BCUT2D eigenvalue weighted by atomic mass is 9.99. The van der Waals surface area contributed by atoms with Gasteiger partial charge in [0.2, 0.25) is 11.8 Å². The van der Waals surface area contributed by atoms with Crippen molar-refractivity contribution in [1.82, 2.24) is 9.80 Å². The number of fused-ring (bicyclic) bond motifs is 1. The second kappa shape index (κ2) is 9.20. The van der Waals surface area contributed by atoms with E-state index in [1.54, 1.807) is 7.11 Å². The van der Waals surface area contributed by atoms with Crippen LogP contribution in [0.4, 0.5) is 5.69 Å². The van der Waals surface area contributed by atoms with Crippen molar-refractivity contribution in [2.75, 3.05) is 44.7 Å². The number of ether oxygens (including phenoxy) is 1. The number of nitrogens with zero attached hydrogens (tertiary/aromatic N) is 3. The molecule has 6 heteroatoms. The highest BCUT2D eigenvalue weighted by Gasteiger charge is 2.25. The van der Waals surface area contributed by atoms with Gasteiger partial charge in [-0.2, -0.15) is 0 Å². The third-order valence-electron chi connectivity index (χ3n) is 6.09. The van der Waals surface area contributed by atoms with E-state index in [-0.39, 0.29) is 24.7 Å². The van der Waals surface area contributed by atoms with Crippen molar-refractivity contribution in [3.63, 3.8) is 0 Å². The molecule has 2 aliphatic heterocycles. The highest BCUT2D eigenvalue weighted by Crippen LogP contribution is 2.28. The minimum atomic E-state index is 0.0698. The number of para-hydroxylation sites is 2. The zero-order valence-electron chi connectivity index (χ0n) is 17.5. The molecule has 0 radical (unpaired) electrons. The highest BCUT2D eigenvalue weighted by molar-refractivity contribution is 5.84. The zero-order valence-corrected chi connectivity index (χ0v) is 17.5. The molecule has 1 fully saturated rings. The lowest BCUT2D eigenvalue weighted by molar-refractivity contribution is -0.137. The van der Waals surface area contributed by atoms with Gasteiger partial charge in [0.05, 0.1) is 12.8 Å². The van der Waals surface area contributed by atoms with Gasteiger partial charge in [-0.25, -0.2) is 0 Å². The summed E-state index contributed by atoms with van der Waals surface area (Å²) in [5.41, 5.74) is 3.61. The average Bonchev–Trinajstić information content (AvgIpc) is 2.82. The number of hydrogen-bond acceptors (Lipinski definition) is 4. The largest absolute Gasteiger partial charge is 0.495 e. The number of hydrogen-bond donors (Lipinski definition) is 0. The van der Waals surface area contributed by atoms with E-state index in [4.69, 9.17) is 4.74 Å². The van der Waals surface area contributed by atoms with Crippen molar-refractivity contribution >= 4 is 17.5 Å². The molecule has 0 atom stereocenters. The molecule has 1 saturated heterocycles. The molecule has 158 valence electrons. The number of piperazine rings is 1. The Bertz CT molecular complexity index is 906. The summed E-state index contributed by atoms with van der Waals surface area (Å²) in [7, 11) is 1.68. The molecule has 0 N–H and O–H groups in total. The number of rotatable bonds is 5. The molecule has 0 spiro atoms. The first-order chi connectivity index (χ1) is 14.7. The van der Waals surface area contributed by atoms with Gasteiger partial charge in [-0.05, 0) is 29.7 Å². The van der Waals surface area contributed by atoms with Gasteiger partial charge >= 0.3 is 0 Å². The van der Waals surface area contributed by atoms with Crippen molar-refractivity contribution < 1.29 is 14.3 Å². The molecule has 6 nitrogen and oxygen atoms in total. The number of carbonyl (C=O) groups is 2. The summed E-state index contributed by atoms with van der Waals surface area (Å²) < 4.78 is 5.45. The summed E-state index contributed by atoms with van der Waals surface area (Å²) >= 11 is 0. The van der Waals surface area contributed by atoms with E-state index in [1.807, 2.05) is 46.2 Å². The van der Waals surface area contributed by atoms with Crippen LogP contribution in [0, 0.1) is 0 Å². The van der Waals surface area contributed by atoms with Crippen LogP contribution in [0.1, 0.15) is 24.0 Å². The van der Waals surface area contributed by atoms with Gasteiger partial charge in [0.25, 0.3) is 0 Å². The average molecular weight is 408 g/mol. The Morgan fingerprint density at radius 3 is 2.17 bits per heavy atom. The summed E-state index contributed by atoms with van der Waals surface area (Å²) in [6.45, 7) is 4.26. The second-order valence-electron chi connectivity index (χ2n) is 7.87. The SMILES string of the molecule is COc1ccccc1N1CCN(C(=O)CCC(=O)N2CCc3ccccc3C2)CC1. The molecule has 4 rings (SSSR count). The first-order valence-electron chi connectivity index (χ1n) is 10.7. The van der Waals surface area contributed by atoms with Crippen LogP contribution in [-0.2, 0) is 22.6 Å². The van der Waals surface area contributed by atoms with Crippen LogP contribution in [0.25, 0.3) is 0 Å².